The Morgan fingerprint density at radius 3 is 2.48 bits per heavy atom. The minimum Gasteiger partial charge on any atom is -0.504 e. The lowest BCUT2D eigenvalue weighted by atomic mass is 10.1. The van der Waals surface area contributed by atoms with E-state index in [-0.39, 0.29) is 6.61 Å². The van der Waals surface area contributed by atoms with Crippen LogP contribution in [0.4, 0.5) is 4.79 Å². The van der Waals surface area contributed by atoms with E-state index in [1.54, 1.807) is 27.7 Å². The van der Waals surface area contributed by atoms with Gasteiger partial charge in [0.25, 0.3) is 0 Å². The van der Waals surface area contributed by atoms with Crippen LogP contribution in [0.5, 0.6) is 0 Å². The van der Waals surface area contributed by atoms with Gasteiger partial charge in [0.2, 0.25) is 0 Å². The largest absolute Gasteiger partial charge is 0.504 e. The van der Waals surface area contributed by atoms with Crippen molar-refractivity contribution in [2.24, 2.45) is 5.73 Å². The van der Waals surface area contributed by atoms with Gasteiger partial charge in [0, 0.05) is 5.57 Å². The molecule has 2 amide bonds. The first-order chi connectivity index (χ1) is 9.84. The first-order valence-corrected chi connectivity index (χ1v) is 6.50. The lowest BCUT2D eigenvalue weighted by molar-refractivity contribution is 0.0524. The second kappa shape index (κ2) is 6.83. The molecule has 21 heavy (non-hydrogen) atoms. The molecule has 0 fully saturated rings. The van der Waals surface area contributed by atoms with Crippen LogP contribution in [0.15, 0.2) is 6.26 Å². The molecule has 0 spiro atoms. The number of nitrogens with zero attached hydrogens (tertiary/aromatic N) is 1. The van der Waals surface area contributed by atoms with Crippen molar-refractivity contribution in [1.82, 2.24) is 4.68 Å². The van der Waals surface area contributed by atoms with E-state index in [0.717, 1.165) is 5.57 Å². The SMILES string of the molecule is CCOC(=O)c1c(C)c(/C(C)=C\OC)n(NC(N)=O)c1C. The summed E-state index contributed by atoms with van der Waals surface area (Å²) in [6, 6.07) is -0.727. The zero-order chi connectivity index (χ0) is 16.2. The number of carbonyl (C=O) groups excluding carboxylic acids is 2. The van der Waals surface area contributed by atoms with E-state index >= 15 is 0 Å². The standard InChI is InChI=1S/C14H21N3O4/c1-6-21-13(18)11-9(3)12(8(2)7-20-5)17(10(11)4)16-14(15)19/h7H,6H2,1-5H3,(H3,15,16,19)/b8-7-. The minimum absolute atomic E-state index is 0.272. The summed E-state index contributed by atoms with van der Waals surface area (Å²) in [4.78, 5) is 23.3. The molecule has 0 aliphatic carbocycles. The summed E-state index contributed by atoms with van der Waals surface area (Å²) in [5.41, 5.74) is 10.7. The number of esters is 1. The van der Waals surface area contributed by atoms with Crippen molar-refractivity contribution in [3.8, 4) is 0 Å². The maximum absolute atomic E-state index is 12.1. The van der Waals surface area contributed by atoms with Gasteiger partial charge in [-0.15, -0.1) is 0 Å². The summed E-state index contributed by atoms with van der Waals surface area (Å²) in [6.07, 6.45) is 1.52. The van der Waals surface area contributed by atoms with Gasteiger partial charge in [0.15, 0.2) is 0 Å². The lowest BCUT2D eigenvalue weighted by Gasteiger charge is -2.12. The van der Waals surface area contributed by atoms with Crippen LogP contribution in [0.1, 0.15) is 41.2 Å². The number of primary amides is 1. The van der Waals surface area contributed by atoms with Gasteiger partial charge in [0.1, 0.15) is 0 Å². The molecule has 0 saturated carbocycles. The topological polar surface area (TPSA) is 95.6 Å². The Bertz CT molecular complexity index is 588. The van der Waals surface area contributed by atoms with E-state index < -0.39 is 12.0 Å². The third-order valence-corrected chi connectivity index (χ3v) is 3.02. The molecule has 7 nitrogen and oxygen atoms in total. The second-order valence-electron chi connectivity index (χ2n) is 4.50. The maximum Gasteiger partial charge on any atom is 0.340 e. The maximum atomic E-state index is 12.1. The van der Waals surface area contributed by atoms with Gasteiger partial charge in [-0.3, -0.25) is 4.68 Å². The Labute approximate surface area is 123 Å². The van der Waals surface area contributed by atoms with E-state index in [1.807, 2.05) is 0 Å². The van der Waals surface area contributed by atoms with Crippen LogP contribution >= 0.6 is 0 Å². The number of amides is 2. The molecule has 1 rings (SSSR count). The van der Waals surface area contributed by atoms with E-state index in [4.69, 9.17) is 15.2 Å². The Hall–Kier alpha value is -2.44. The second-order valence-corrected chi connectivity index (χ2v) is 4.50. The summed E-state index contributed by atoms with van der Waals surface area (Å²) >= 11 is 0. The van der Waals surface area contributed by atoms with Gasteiger partial charge < -0.3 is 15.2 Å². The Morgan fingerprint density at radius 2 is 2.00 bits per heavy atom. The molecule has 3 N–H and O–H groups in total. The van der Waals surface area contributed by atoms with Gasteiger partial charge in [-0.05, 0) is 33.3 Å². The first-order valence-electron chi connectivity index (χ1n) is 6.50. The van der Waals surface area contributed by atoms with Crippen molar-refractivity contribution in [3.63, 3.8) is 0 Å². The molecule has 0 bridgehead atoms. The van der Waals surface area contributed by atoms with Gasteiger partial charge in [-0.1, -0.05) is 0 Å². The van der Waals surface area contributed by atoms with Crippen molar-refractivity contribution in [2.45, 2.75) is 27.7 Å². The summed E-state index contributed by atoms with van der Waals surface area (Å²) in [5, 5.41) is 0. The number of aromatic nitrogens is 1. The highest BCUT2D eigenvalue weighted by Gasteiger charge is 2.25. The van der Waals surface area contributed by atoms with Crippen LogP contribution in [0.25, 0.3) is 5.57 Å². The molecule has 0 aromatic carbocycles. The molecule has 0 aliphatic rings. The van der Waals surface area contributed by atoms with E-state index in [0.29, 0.717) is 22.5 Å². The van der Waals surface area contributed by atoms with Crippen LogP contribution in [-0.4, -0.2) is 30.4 Å². The third-order valence-electron chi connectivity index (χ3n) is 3.02. The summed E-state index contributed by atoms with van der Waals surface area (Å²) in [5.74, 6) is -0.441. The highest BCUT2D eigenvalue weighted by atomic mass is 16.5. The van der Waals surface area contributed by atoms with E-state index in [9.17, 15) is 9.59 Å². The normalized spacial score (nSPS) is 11.2. The zero-order valence-corrected chi connectivity index (χ0v) is 12.9. The smallest absolute Gasteiger partial charge is 0.340 e. The highest BCUT2D eigenvalue weighted by Crippen LogP contribution is 2.27. The van der Waals surface area contributed by atoms with Crippen LogP contribution in [0, 0.1) is 13.8 Å². The van der Waals surface area contributed by atoms with Crippen molar-refractivity contribution < 1.29 is 19.1 Å². The Balaban J connectivity index is 3.53. The predicted molar refractivity (Wildman–Crippen MR) is 79.5 cm³/mol. The fourth-order valence-electron chi connectivity index (χ4n) is 2.30. The fraction of sp³-hybridized carbons (Fsp3) is 0.429. The summed E-state index contributed by atoms with van der Waals surface area (Å²) in [7, 11) is 1.52. The number of allylic oxidation sites excluding steroid dienone is 1. The molecule has 0 unspecified atom stereocenters. The van der Waals surface area contributed by atoms with Gasteiger partial charge in [-0.2, -0.15) is 0 Å². The number of nitrogens with one attached hydrogen (secondary N) is 1. The van der Waals surface area contributed by atoms with E-state index in [1.165, 1.54) is 18.0 Å². The summed E-state index contributed by atoms with van der Waals surface area (Å²) < 4.78 is 11.5. The molecule has 1 heterocycles. The minimum atomic E-state index is -0.727. The zero-order valence-electron chi connectivity index (χ0n) is 12.9. The first kappa shape index (κ1) is 16.6. The molecule has 7 heteroatoms. The molecule has 0 aliphatic heterocycles. The molecular weight excluding hydrogens is 274 g/mol. The number of hydrogen-bond acceptors (Lipinski definition) is 4. The van der Waals surface area contributed by atoms with Crippen LogP contribution < -0.4 is 11.2 Å². The molecule has 116 valence electrons. The quantitative estimate of drug-likeness (QED) is 0.640. The number of rotatable bonds is 5. The molecular formula is C14H21N3O4. The van der Waals surface area contributed by atoms with E-state index in [2.05, 4.69) is 5.43 Å². The molecule has 1 aromatic heterocycles. The van der Waals surface area contributed by atoms with Crippen molar-refractivity contribution in [2.75, 3.05) is 19.1 Å². The Morgan fingerprint density at radius 1 is 1.38 bits per heavy atom. The molecule has 0 radical (unpaired) electrons. The number of carbonyl (C=O) groups is 2. The predicted octanol–water partition coefficient (Wildman–Crippen LogP) is 1.91. The van der Waals surface area contributed by atoms with Crippen molar-refractivity contribution >= 4 is 17.6 Å². The van der Waals surface area contributed by atoms with Crippen LogP contribution in [-0.2, 0) is 9.47 Å². The van der Waals surface area contributed by atoms with Crippen LogP contribution in [0.2, 0.25) is 0 Å². The van der Waals surface area contributed by atoms with Gasteiger partial charge >= 0.3 is 12.0 Å². The number of hydrogen-bond donors (Lipinski definition) is 2. The molecule has 0 saturated heterocycles. The average molecular weight is 295 g/mol. The fourth-order valence-corrected chi connectivity index (χ4v) is 2.30. The Kier molecular flexibility index (Phi) is 5.40. The third kappa shape index (κ3) is 3.36. The van der Waals surface area contributed by atoms with Gasteiger partial charge in [-0.25, -0.2) is 15.0 Å². The number of nitrogens with two attached hydrogens (primary N) is 1. The lowest BCUT2D eigenvalue weighted by Crippen LogP contribution is -2.30. The van der Waals surface area contributed by atoms with Crippen LogP contribution in [0.3, 0.4) is 0 Å². The van der Waals surface area contributed by atoms with Crippen molar-refractivity contribution in [3.05, 3.63) is 28.8 Å². The highest BCUT2D eigenvalue weighted by molar-refractivity contribution is 5.95. The number of ether oxygens (including phenoxy) is 2. The summed E-state index contributed by atoms with van der Waals surface area (Å²) in [6.45, 7) is 7.30. The monoisotopic (exact) mass is 295 g/mol. The molecule has 0 atom stereocenters. The molecule has 1 aromatic rings. The van der Waals surface area contributed by atoms with Gasteiger partial charge in [0.05, 0.1) is 36.9 Å². The number of methoxy groups -OCH3 is 1. The average Bonchev–Trinajstić information content (AvgIpc) is 2.61. The number of urea groups is 1. The van der Waals surface area contributed by atoms with Crippen molar-refractivity contribution in [1.29, 1.82) is 0 Å².